The summed E-state index contributed by atoms with van der Waals surface area (Å²) in [6.07, 6.45) is 0.834. The van der Waals surface area contributed by atoms with Crippen molar-refractivity contribution in [3.05, 3.63) is 29.8 Å². The summed E-state index contributed by atoms with van der Waals surface area (Å²) in [5, 5.41) is 0. The summed E-state index contributed by atoms with van der Waals surface area (Å²) in [6, 6.07) is 7.77. The number of rotatable bonds is 4. The van der Waals surface area contributed by atoms with E-state index in [9.17, 15) is 4.79 Å². The van der Waals surface area contributed by atoms with Crippen LogP contribution in [0.4, 0.5) is 0 Å². The number of ether oxygens (including phenoxy) is 2. The van der Waals surface area contributed by atoms with Crippen molar-refractivity contribution in [3.8, 4) is 5.75 Å². The Morgan fingerprint density at radius 1 is 1.28 bits per heavy atom. The average molecular weight is 248 g/mol. The molecule has 0 aliphatic heterocycles. The van der Waals surface area contributed by atoms with Gasteiger partial charge in [-0.2, -0.15) is 0 Å². The van der Waals surface area contributed by atoms with E-state index >= 15 is 0 Å². The largest absolute Gasteiger partial charge is 0.494 e. The van der Waals surface area contributed by atoms with Crippen molar-refractivity contribution in [3.63, 3.8) is 0 Å². The first-order chi connectivity index (χ1) is 8.48. The van der Waals surface area contributed by atoms with E-state index in [1.165, 1.54) is 7.11 Å². The van der Waals surface area contributed by atoms with Crippen LogP contribution in [0.2, 0.25) is 0 Å². The molecule has 98 valence electrons. The molecule has 2 rings (SSSR count). The zero-order valence-corrected chi connectivity index (χ0v) is 11.4. The third-order valence-electron chi connectivity index (χ3n) is 3.93. The van der Waals surface area contributed by atoms with Gasteiger partial charge in [-0.15, -0.1) is 0 Å². The van der Waals surface area contributed by atoms with Crippen LogP contribution in [-0.4, -0.2) is 19.7 Å². The molecule has 18 heavy (non-hydrogen) atoms. The molecule has 0 aromatic heterocycles. The van der Waals surface area contributed by atoms with Crippen molar-refractivity contribution in [1.82, 2.24) is 0 Å². The lowest BCUT2D eigenvalue weighted by atomic mass is 9.88. The van der Waals surface area contributed by atoms with Gasteiger partial charge in [0.15, 0.2) is 0 Å². The molecule has 0 heterocycles. The van der Waals surface area contributed by atoms with Gasteiger partial charge in [-0.25, -0.2) is 0 Å². The number of hydrogen-bond donors (Lipinski definition) is 0. The van der Waals surface area contributed by atoms with Gasteiger partial charge in [0.25, 0.3) is 0 Å². The van der Waals surface area contributed by atoms with Gasteiger partial charge in [-0.1, -0.05) is 26.0 Å². The van der Waals surface area contributed by atoms with E-state index in [0.717, 1.165) is 17.7 Å². The second-order valence-corrected chi connectivity index (χ2v) is 5.41. The van der Waals surface area contributed by atoms with Gasteiger partial charge in [-0.05, 0) is 36.5 Å². The molecule has 0 saturated heterocycles. The SMILES string of the molecule is CCOc1ccc(C2(C(=O)OC)CC2(C)C)cc1. The summed E-state index contributed by atoms with van der Waals surface area (Å²) >= 11 is 0. The Bertz CT molecular complexity index is 447. The van der Waals surface area contributed by atoms with Crippen LogP contribution in [0, 0.1) is 5.41 Å². The van der Waals surface area contributed by atoms with Crippen LogP contribution in [0.1, 0.15) is 32.8 Å². The van der Waals surface area contributed by atoms with Crippen molar-refractivity contribution < 1.29 is 14.3 Å². The molecule has 3 nitrogen and oxygen atoms in total. The lowest BCUT2D eigenvalue weighted by Crippen LogP contribution is -2.27. The molecule has 0 amide bonds. The van der Waals surface area contributed by atoms with Crippen LogP contribution in [0.25, 0.3) is 0 Å². The van der Waals surface area contributed by atoms with Gasteiger partial charge in [0.2, 0.25) is 0 Å². The van der Waals surface area contributed by atoms with E-state index in [1.807, 2.05) is 31.2 Å². The fourth-order valence-corrected chi connectivity index (χ4v) is 2.75. The first-order valence-electron chi connectivity index (χ1n) is 6.29. The average Bonchev–Trinajstić information content (AvgIpc) is 2.94. The van der Waals surface area contributed by atoms with Crippen LogP contribution in [-0.2, 0) is 14.9 Å². The Balaban J connectivity index is 2.32. The topological polar surface area (TPSA) is 35.5 Å². The van der Waals surface area contributed by atoms with Crippen molar-refractivity contribution in [2.45, 2.75) is 32.6 Å². The summed E-state index contributed by atoms with van der Waals surface area (Å²) in [7, 11) is 1.45. The molecule has 0 N–H and O–H groups in total. The Kier molecular flexibility index (Phi) is 3.09. The standard InChI is InChI=1S/C15H20O3/c1-5-18-12-8-6-11(7-9-12)15(13(16)17-4)10-14(15,2)3/h6-9H,5,10H2,1-4H3. The smallest absolute Gasteiger partial charge is 0.316 e. The first kappa shape index (κ1) is 12.9. The lowest BCUT2D eigenvalue weighted by molar-refractivity contribution is -0.144. The van der Waals surface area contributed by atoms with Gasteiger partial charge < -0.3 is 9.47 Å². The van der Waals surface area contributed by atoms with Gasteiger partial charge >= 0.3 is 5.97 Å². The van der Waals surface area contributed by atoms with E-state index in [1.54, 1.807) is 0 Å². The predicted octanol–water partition coefficient (Wildman–Crippen LogP) is 2.93. The summed E-state index contributed by atoms with van der Waals surface area (Å²) < 4.78 is 10.4. The molecule has 0 spiro atoms. The second-order valence-electron chi connectivity index (χ2n) is 5.41. The van der Waals surface area contributed by atoms with Crippen LogP contribution in [0.15, 0.2) is 24.3 Å². The van der Waals surface area contributed by atoms with E-state index in [4.69, 9.17) is 9.47 Å². The molecule has 1 saturated carbocycles. The van der Waals surface area contributed by atoms with E-state index in [0.29, 0.717) is 6.61 Å². The van der Waals surface area contributed by atoms with Crippen LogP contribution in [0.3, 0.4) is 0 Å². The Morgan fingerprint density at radius 3 is 2.22 bits per heavy atom. The number of hydrogen-bond acceptors (Lipinski definition) is 3. The number of benzene rings is 1. The van der Waals surface area contributed by atoms with Gasteiger partial charge in [0.05, 0.1) is 19.1 Å². The normalized spacial score (nSPS) is 24.4. The molecule has 3 heteroatoms. The molecule has 0 radical (unpaired) electrons. The van der Waals surface area contributed by atoms with Gasteiger partial charge in [-0.3, -0.25) is 4.79 Å². The lowest BCUT2D eigenvalue weighted by Gasteiger charge is -2.18. The monoisotopic (exact) mass is 248 g/mol. The Morgan fingerprint density at radius 2 is 1.83 bits per heavy atom. The molecular weight excluding hydrogens is 228 g/mol. The second kappa shape index (κ2) is 4.30. The highest BCUT2D eigenvalue weighted by Crippen LogP contribution is 2.64. The molecular formula is C15H20O3. The minimum atomic E-state index is -0.480. The van der Waals surface area contributed by atoms with E-state index in [-0.39, 0.29) is 11.4 Å². The molecule has 1 aromatic rings. The molecule has 1 aliphatic rings. The number of carbonyl (C=O) groups excluding carboxylic acids is 1. The summed E-state index contributed by atoms with van der Waals surface area (Å²) in [4.78, 5) is 12.1. The molecule has 1 fully saturated rings. The molecule has 1 aromatic carbocycles. The van der Waals surface area contributed by atoms with Gasteiger partial charge in [0, 0.05) is 0 Å². The van der Waals surface area contributed by atoms with Crippen molar-refractivity contribution in [1.29, 1.82) is 0 Å². The fourth-order valence-electron chi connectivity index (χ4n) is 2.75. The van der Waals surface area contributed by atoms with Crippen molar-refractivity contribution in [2.75, 3.05) is 13.7 Å². The number of esters is 1. The summed E-state index contributed by atoms with van der Waals surface area (Å²) in [5.41, 5.74) is 0.502. The third kappa shape index (κ3) is 1.78. The van der Waals surface area contributed by atoms with E-state index in [2.05, 4.69) is 13.8 Å². The Hall–Kier alpha value is -1.51. The highest BCUT2D eigenvalue weighted by Gasteiger charge is 2.68. The molecule has 1 aliphatic carbocycles. The van der Waals surface area contributed by atoms with E-state index < -0.39 is 5.41 Å². The summed E-state index contributed by atoms with van der Waals surface area (Å²) in [5.74, 6) is 0.691. The van der Waals surface area contributed by atoms with Crippen LogP contribution < -0.4 is 4.74 Å². The zero-order chi connectivity index (χ0) is 13.4. The highest BCUT2D eigenvalue weighted by molar-refractivity contribution is 5.88. The minimum absolute atomic E-state index is 0.0345. The number of methoxy groups -OCH3 is 1. The highest BCUT2D eigenvalue weighted by atomic mass is 16.5. The first-order valence-corrected chi connectivity index (χ1v) is 6.29. The summed E-state index contributed by atoms with van der Waals surface area (Å²) in [6.45, 7) is 6.79. The van der Waals surface area contributed by atoms with Crippen molar-refractivity contribution >= 4 is 5.97 Å². The fraction of sp³-hybridized carbons (Fsp3) is 0.533. The quantitative estimate of drug-likeness (QED) is 0.768. The predicted molar refractivity (Wildman–Crippen MR) is 69.7 cm³/mol. The maximum atomic E-state index is 12.1. The maximum absolute atomic E-state index is 12.1. The molecule has 1 unspecified atom stereocenters. The Labute approximate surface area is 108 Å². The molecule has 1 atom stereocenters. The third-order valence-corrected chi connectivity index (χ3v) is 3.93. The molecule has 0 bridgehead atoms. The number of carbonyl (C=O) groups is 1. The van der Waals surface area contributed by atoms with Gasteiger partial charge in [0.1, 0.15) is 5.75 Å². The maximum Gasteiger partial charge on any atom is 0.316 e. The van der Waals surface area contributed by atoms with Crippen LogP contribution in [0.5, 0.6) is 5.75 Å². The minimum Gasteiger partial charge on any atom is -0.494 e. The van der Waals surface area contributed by atoms with Crippen LogP contribution >= 0.6 is 0 Å². The zero-order valence-electron chi connectivity index (χ0n) is 11.4. The van der Waals surface area contributed by atoms with Crippen molar-refractivity contribution in [2.24, 2.45) is 5.41 Å².